The highest BCUT2D eigenvalue weighted by Gasteiger charge is 2.38. The number of rotatable bonds is 3. The second kappa shape index (κ2) is 5.15. The Morgan fingerprint density at radius 3 is 2.43 bits per heavy atom. The van der Waals surface area contributed by atoms with Crippen molar-refractivity contribution in [2.24, 2.45) is 24.0 Å². The number of nitrogens with two attached hydrogens (primary N) is 1. The fourth-order valence-corrected chi connectivity index (χ4v) is 3.10. The first-order valence-corrected chi connectivity index (χ1v) is 7.87. The third-order valence-electron chi connectivity index (χ3n) is 3.74. The summed E-state index contributed by atoms with van der Waals surface area (Å²) in [5.74, 6) is -2.09. The van der Waals surface area contributed by atoms with Crippen LogP contribution in [0.15, 0.2) is 17.2 Å². The van der Waals surface area contributed by atoms with Crippen LogP contribution in [0.1, 0.15) is 17.4 Å². The third kappa shape index (κ3) is 2.93. The van der Waals surface area contributed by atoms with E-state index >= 15 is 0 Å². The van der Waals surface area contributed by atoms with Gasteiger partial charge in [0.05, 0.1) is 5.92 Å². The predicted molar refractivity (Wildman–Crippen MR) is 73.0 cm³/mol. The van der Waals surface area contributed by atoms with E-state index < -0.39 is 27.8 Å². The van der Waals surface area contributed by atoms with Gasteiger partial charge in [-0.1, -0.05) is 6.92 Å². The van der Waals surface area contributed by atoms with Crippen LogP contribution in [0.2, 0.25) is 0 Å². The molecular weight excluding hydrogens is 298 g/mol. The van der Waals surface area contributed by atoms with E-state index in [-0.39, 0.29) is 23.1 Å². The summed E-state index contributed by atoms with van der Waals surface area (Å²) >= 11 is 0. The summed E-state index contributed by atoms with van der Waals surface area (Å²) in [5.41, 5.74) is 0.164. The molecule has 116 valence electrons. The first-order valence-electron chi connectivity index (χ1n) is 6.32. The zero-order valence-electron chi connectivity index (χ0n) is 11.7. The Kier molecular flexibility index (Phi) is 3.81. The molecule has 1 aliphatic rings. The summed E-state index contributed by atoms with van der Waals surface area (Å²) in [6, 6.07) is 1.20. The monoisotopic (exact) mass is 315 g/mol. The van der Waals surface area contributed by atoms with Crippen LogP contribution in [0.3, 0.4) is 0 Å². The quantitative estimate of drug-likeness (QED) is 0.776. The van der Waals surface area contributed by atoms with Gasteiger partial charge < -0.3 is 14.6 Å². The van der Waals surface area contributed by atoms with Crippen LogP contribution in [0.25, 0.3) is 0 Å². The Bertz CT molecular complexity index is 694. The van der Waals surface area contributed by atoms with E-state index in [9.17, 15) is 18.0 Å². The van der Waals surface area contributed by atoms with E-state index in [4.69, 9.17) is 10.2 Å². The van der Waals surface area contributed by atoms with Gasteiger partial charge in [-0.25, -0.2) is 13.6 Å². The molecule has 0 aromatic carbocycles. The van der Waals surface area contributed by atoms with Crippen molar-refractivity contribution >= 4 is 21.9 Å². The summed E-state index contributed by atoms with van der Waals surface area (Å²) in [7, 11) is -2.34. The molecule has 1 fully saturated rings. The number of primary sulfonamides is 1. The zero-order valence-corrected chi connectivity index (χ0v) is 12.5. The van der Waals surface area contributed by atoms with E-state index in [1.54, 1.807) is 6.92 Å². The summed E-state index contributed by atoms with van der Waals surface area (Å²) in [6.07, 6.45) is 1.26. The highest BCUT2D eigenvalue weighted by atomic mass is 32.2. The van der Waals surface area contributed by atoms with Gasteiger partial charge in [-0.05, 0) is 12.0 Å². The number of hydrogen-bond acceptors (Lipinski definition) is 4. The number of hydrogen-bond donors (Lipinski definition) is 2. The number of aryl methyl sites for hydroxylation is 1. The Hall–Kier alpha value is -1.87. The van der Waals surface area contributed by atoms with Crippen LogP contribution >= 0.6 is 0 Å². The van der Waals surface area contributed by atoms with Crippen molar-refractivity contribution in [1.82, 2.24) is 9.47 Å². The molecule has 0 spiro atoms. The SMILES string of the molecule is C[C@@H]1CN(C(=O)c2cc(S(N)(=O)=O)cn2C)C[C@H]1C(=O)O. The normalized spacial score (nSPS) is 22.5. The molecule has 1 saturated heterocycles. The van der Waals surface area contributed by atoms with Gasteiger partial charge in [-0.15, -0.1) is 0 Å². The molecule has 1 amide bonds. The maximum Gasteiger partial charge on any atom is 0.308 e. The Morgan fingerprint density at radius 2 is 2.00 bits per heavy atom. The number of sulfonamides is 1. The molecule has 21 heavy (non-hydrogen) atoms. The topological polar surface area (TPSA) is 123 Å². The van der Waals surface area contributed by atoms with Crippen LogP contribution in [-0.4, -0.2) is 48.0 Å². The number of likely N-dealkylation sites (tertiary alicyclic amines) is 1. The van der Waals surface area contributed by atoms with E-state index in [2.05, 4.69) is 0 Å². The minimum Gasteiger partial charge on any atom is -0.481 e. The van der Waals surface area contributed by atoms with Gasteiger partial charge in [-0.2, -0.15) is 0 Å². The average Bonchev–Trinajstić information content (AvgIpc) is 2.91. The minimum absolute atomic E-state index is 0.116. The molecule has 0 bridgehead atoms. The molecular formula is C12H17N3O5S. The van der Waals surface area contributed by atoms with Crippen LogP contribution in [0.5, 0.6) is 0 Å². The fourth-order valence-electron chi connectivity index (χ4n) is 2.52. The van der Waals surface area contributed by atoms with E-state index in [0.717, 1.165) is 0 Å². The number of amides is 1. The lowest BCUT2D eigenvalue weighted by Gasteiger charge is -2.16. The van der Waals surface area contributed by atoms with E-state index in [1.807, 2.05) is 0 Å². The molecule has 2 heterocycles. The number of aliphatic carboxylic acids is 1. The number of carboxylic acids is 1. The van der Waals surface area contributed by atoms with Crippen molar-refractivity contribution in [2.75, 3.05) is 13.1 Å². The van der Waals surface area contributed by atoms with Crippen molar-refractivity contribution < 1.29 is 23.1 Å². The van der Waals surface area contributed by atoms with Gasteiger partial charge in [0, 0.05) is 26.3 Å². The molecule has 0 saturated carbocycles. The Morgan fingerprint density at radius 1 is 1.38 bits per heavy atom. The van der Waals surface area contributed by atoms with Crippen LogP contribution in [0.4, 0.5) is 0 Å². The van der Waals surface area contributed by atoms with Crippen molar-refractivity contribution in [3.8, 4) is 0 Å². The fraction of sp³-hybridized carbons (Fsp3) is 0.500. The van der Waals surface area contributed by atoms with Gasteiger partial charge in [0.2, 0.25) is 10.0 Å². The lowest BCUT2D eigenvalue weighted by molar-refractivity contribution is -0.142. The van der Waals surface area contributed by atoms with Crippen molar-refractivity contribution in [1.29, 1.82) is 0 Å². The lowest BCUT2D eigenvalue weighted by Crippen LogP contribution is -2.31. The number of carboxylic acid groups (broad SMARTS) is 1. The summed E-state index contributed by atoms with van der Waals surface area (Å²) < 4.78 is 24.0. The van der Waals surface area contributed by atoms with Crippen molar-refractivity contribution in [3.63, 3.8) is 0 Å². The molecule has 0 aliphatic carbocycles. The minimum atomic E-state index is -3.88. The Labute approximate surface area is 122 Å². The highest BCUT2D eigenvalue weighted by Crippen LogP contribution is 2.25. The van der Waals surface area contributed by atoms with Gasteiger partial charge in [0.15, 0.2) is 0 Å². The standard InChI is InChI=1S/C12H17N3O5S/c1-7-4-15(6-9(7)12(17)18)11(16)10-3-8(5-14(10)2)21(13,19)20/h3,5,7,9H,4,6H2,1-2H3,(H,17,18)(H2,13,19,20)/t7-,9-/m1/s1. The second-order valence-electron chi connectivity index (χ2n) is 5.35. The largest absolute Gasteiger partial charge is 0.481 e. The number of nitrogens with zero attached hydrogens (tertiary/aromatic N) is 2. The molecule has 2 rings (SSSR count). The number of aromatic nitrogens is 1. The van der Waals surface area contributed by atoms with Crippen LogP contribution in [-0.2, 0) is 21.9 Å². The third-order valence-corrected chi connectivity index (χ3v) is 4.62. The molecule has 1 aromatic rings. The maximum absolute atomic E-state index is 12.4. The Balaban J connectivity index is 2.26. The summed E-state index contributed by atoms with van der Waals surface area (Å²) in [6.45, 7) is 2.21. The molecule has 9 heteroatoms. The van der Waals surface area contributed by atoms with Crippen LogP contribution < -0.4 is 5.14 Å². The smallest absolute Gasteiger partial charge is 0.308 e. The van der Waals surface area contributed by atoms with E-state index in [1.165, 1.54) is 28.8 Å². The second-order valence-corrected chi connectivity index (χ2v) is 6.91. The summed E-state index contributed by atoms with van der Waals surface area (Å²) in [4.78, 5) is 24.8. The lowest BCUT2D eigenvalue weighted by atomic mass is 9.99. The molecule has 1 aromatic heterocycles. The molecule has 8 nitrogen and oxygen atoms in total. The van der Waals surface area contributed by atoms with Crippen LogP contribution in [0, 0.1) is 11.8 Å². The molecule has 0 unspecified atom stereocenters. The first kappa shape index (κ1) is 15.5. The first-order chi connectivity index (χ1) is 9.61. The number of carbonyl (C=O) groups is 2. The molecule has 2 atom stereocenters. The highest BCUT2D eigenvalue weighted by molar-refractivity contribution is 7.89. The zero-order chi connectivity index (χ0) is 15.9. The van der Waals surface area contributed by atoms with Gasteiger partial charge >= 0.3 is 5.97 Å². The molecule has 3 N–H and O–H groups in total. The van der Waals surface area contributed by atoms with Crippen molar-refractivity contribution in [2.45, 2.75) is 11.8 Å². The van der Waals surface area contributed by atoms with Gasteiger partial charge in [0.1, 0.15) is 10.6 Å². The predicted octanol–water partition coefficient (Wildman–Crippen LogP) is -0.535. The summed E-state index contributed by atoms with van der Waals surface area (Å²) in [5, 5.41) is 14.1. The number of carbonyl (C=O) groups excluding carboxylic acids is 1. The van der Waals surface area contributed by atoms with Gasteiger partial charge in [0.25, 0.3) is 5.91 Å². The average molecular weight is 315 g/mol. The van der Waals surface area contributed by atoms with E-state index in [0.29, 0.717) is 6.54 Å². The van der Waals surface area contributed by atoms with Gasteiger partial charge in [-0.3, -0.25) is 9.59 Å². The maximum atomic E-state index is 12.4. The van der Waals surface area contributed by atoms with Crippen molar-refractivity contribution in [3.05, 3.63) is 18.0 Å². The molecule has 1 aliphatic heterocycles. The molecule has 0 radical (unpaired) electrons.